The molecule has 1 aliphatic heterocycles. The lowest BCUT2D eigenvalue weighted by atomic mass is 10.1. The molecule has 4 amide bonds. The third kappa shape index (κ3) is 4.76. The molecule has 1 aromatic heterocycles. The number of thiazole rings is 1. The molecule has 2 aromatic carbocycles. The molecule has 0 saturated heterocycles. The van der Waals surface area contributed by atoms with Gasteiger partial charge in [-0.2, -0.15) is 0 Å². The Morgan fingerprint density at radius 2 is 1.73 bits per heavy atom. The molecule has 0 aliphatic carbocycles. The number of nitrogens with one attached hydrogen (secondary N) is 1. The Morgan fingerprint density at radius 3 is 2.36 bits per heavy atom. The van der Waals surface area contributed by atoms with Crippen LogP contribution in [0.3, 0.4) is 0 Å². The molecule has 0 fully saturated rings. The molecule has 0 unspecified atom stereocenters. The first-order chi connectivity index (χ1) is 15.9. The number of aromatic nitrogens is 1. The second-order valence-corrected chi connectivity index (χ2v) is 9.56. The van der Waals surface area contributed by atoms with Crippen molar-refractivity contribution in [1.29, 1.82) is 0 Å². The number of rotatable bonds is 8. The highest BCUT2D eigenvalue weighted by atomic mass is 32.2. The highest BCUT2D eigenvalue weighted by Gasteiger charge is 2.36. The molecule has 1 N–H and O–H groups in total. The molecule has 33 heavy (non-hydrogen) atoms. The zero-order valence-electron chi connectivity index (χ0n) is 18.2. The van der Waals surface area contributed by atoms with Gasteiger partial charge in [-0.1, -0.05) is 23.9 Å². The largest absolute Gasteiger partial charge is 0.343 e. The van der Waals surface area contributed by atoms with E-state index in [0.29, 0.717) is 35.7 Å². The van der Waals surface area contributed by atoms with E-state index in [1.807, 2.05) is 13.8 Å². The number of benzene rings is 2. The molecule has 10 heteroatoms. The van der Waals surface area contributed by atoms with Gasteiger partial charge in [0, 0.05) is 18.8 Å². The second-order valence-electron chi connectivity index (χ2n) is 7.31. The van der Waals surface area contributed by atoms with Crippen LogP contribution in [0.4, 0.5) is 5.69 Å². The van der Waals surface area contributed by atoms with Crippen molar-refractivity contribution >= 4 is 62.6 Å². The fourth-order valence-electron chi connectivity index (χ4n) is 3.56. The van der Waals surface area contributed by atoms with Crippen molar-refractivity contribution < 1.29 is 19.2 Å². The minimum atomic E-state index is -0.468. The van der Waals surface area contributed by atoms with Gasteiger partial charge in [0.05, 0.1) is 27.1 Å². The molecule has 4 rings (SSSR count). The van der Waals surface area contributed by atoms with Gasteiger partial charge in [0.2, 0.25) is 11.8 Å². The Morgan fingerprint density at radius 1 is 1.06 bits per heavy atom. The number of anilines is 1. The topological polar surface area (TPSA) is 99.7 Å². The maximum Gasteiger partial charge on any atom is 0.262 e. The number of carbonyl (C=O) groups excluding carboxylic acids is 4. The van der Waals surface area contributed by atoms with Crippen molar-refractivity contribution in [3.63, 3.8) is 0 Å². The predicted molar refractivity (Wildman–Crippen MR) is 129 cm³/mol. The number of thioether (sulfide) groups is 1. The minimum Gasteiger partial charge on any atom is -0.343 e. The molecular formula is C23H22N4O4S2. The van der Waals surface area contributed by atoms with Crippen LogP contribution in [-0.2, 0) is 9.59 Å². The molecule has 8 nitrogen and oxygen atoms in total. The fourth-order valence-corrected chi connectivity index (χ4v) is 5.57. The molecule has 0 spiro atoms. The van der Waals surface area contributed by atoms with Gasteiger partial charge in [-0.3, -0.25) is 24.1 Å². The number of fused-ring (bicyclic) bond motifs is 2. The number of hydrogen-bond acceptors (Lipinski definition) is 7. The summed E-state index contributed by atoms with van der Waals surface area (Å²) in [5.41, 5.74) is 1.94. The van der Waals surface area contributed by atoms with Crippen molar-refractivity contribution in [1.82, 2.24) is 14.8 Å². The third-order valence-corrected chi connectivity index (χ3v) is 7.41. The fraction of sp³-hybridized carbons (Fsp3) is 0.261. The van der Waals surface area contributed by atoms with E-state index in [1.165, 1.54) is 23.1 Å². The van der Waals surface area contributed by atoms with Crippen LogP contribution in [0.1, 0.15) is 34.6 Å². The van der Waals surface area contributed by atoms with Crippen LogP contribution in [0.5, 0.6) is 0 Å². The maximum atomic E-state index is 12.5. The van der Waals surface area contributed by atoms with E-state index in [0.717, 1.165) is 19.5 Å². The summed E-state index contributed by atoms with van der Waals surface area (Å²) in [5.74, 6) is -1.00. The van der Waals surface area contributed by atoms with Gasteiger partial charge in [0.1, 0.15) is 6.54 Å². The van der Waals surface area contributed by atoms with Crippen molar-refractivity contribution in [2.45, 2.75) is 18.2 Å². The Hall–Kier alpha value is -3.24. The van der Waals surface area contributed by atoms with Crippen LogP contribution in [0.2, 0.25) is 0 Å². The van der Waals surface area contributed by atoms with Gasteiger partial charge in [0.15, 0.2) is 4.34 Å². The normalized spacial score (nSPS) is 12.8. The van der Waals surface area contributed by atoms with Crippen LogP contribution >= 0.6 is 23.1 Å². The summed E-state index contributed by atoms with van der Waals surface area (Å²) in [4.78, 5) is 56.9. The average molecular weight is 483 g/mol. The molecule has 1 aliphatic rings. The van der Waals surface area contributed by atoms with Crippen LogP contribution in [0, 0.1) is 0 Å². The van der Waals surface area contributed by atoms with E-state index < -0.39 is 17.7 Å². The Kier molecular flexibility index (Phi) is 6.75. The van der Waals surface area contributed by atoms with Gasteiger partial charge in [0.25, 0.3) is 11.8 Å². The summed E-state index contributed by atoms with van der Waals surface area (Å²) in [6.45, 7) is 4.91. The number of nitrogens with zero attached hydrogens (tertiary/aromatic N) is 3. The van der Waals surface area contributed by atoms with E-state index in [1.54, 1.807) is 47.4 Å². The quantitative estimate of drug-likeness (QED) is 0.390. The zero-order valence-corrected chi connectivity index (χ0v) is 19.8. The Balaban J connectivity index is 1.39. The SMILES string of the molecule is CCN(CC)C(=O)CSc1nc2ccc(NC(=O)CN3C(=O)c4ccccc4C3=O)cc2s1. The number of amides is 4. The first-order valence-corrected chi connectivity index (χ1v) is 12.3. The first-order valence-electron chi connectivity index (χ1n) is 10.5. The lowest BCUT2D eigenvalue weighted by molar-refractivity contribution is -0.128. The van der Waals surface area contributed by atoms with Crippen molar-refractivity contribution in [2.24, 2.45) is 0 Å². The standard InChI is InChI=1S/C23H22N4O4S2/c1-3-26(4-2)20(29)13-32-23-25-17-10-9-14(11-18(17)33-23)24-19(28)12-27-21(30)15-7-5-6-8-16(15)22(27)31/h5-11H,3-4,12-13H2,1-2H3,(H,24,28). The molecule has 0 atom stereocenters. The van der Waals surface area contributed by atoms with Gasteiger partial charge in [-0.25, -0.2) is 4.98 Å². The molecule has 0 bridgehead atoms. The number of carbonyl (C=O) groups is 4. The van der Waals surface area contributed by atoms with Crippen molar-refractivity contribution in [2.75, 3.05) is 30.7 Å². The molecule has 0 saturated carbocycles. The van der Waals surface area contributed by atoms with Crippen LogP contribution < -0.4 is 5.32 Å². The smallest absolute Gasteiger partial charge is 0.262 e. The van der Waals surface area contributed by atoms with Crippen LogP contribution in [0.25, 0.3) is 10.2 Å². The second kappa shape index (κ2) is 9.72. The van der Waals surface area contributed by atoms with E-state index >= 15 is 0 Å². The Labute approximate surface area is 199 Å². The zero-order chi connectivity index (χ0) is 23.5. The highest BCUT2D eigenvalue weighted by molar-refractivity contribution is 8.01. The van der Waals surface area contributed by atoms with Gasteiger partial charge in [-0.15, -0.1) is 11.3 Å². The predicted octanol–water partition coefficient (Wildman–Crippen LogP) is 3.49. The maximum absolute atomic E-state index is 12.5. The number of hydrogen-bond donors (Lipinski definition) is 1. The highest BCUT2D eigenvalue weighted by Crippen LogP contribution is 2.31. The van der Waals surface area contributed by atoms with Crippen molar-refractivity contribution in [3.8, 4) is 0 Å². The van der Waals surface area contributed by atoms with Gasteiger partial charge < -0.3 is 10.2 Å². The van der Waals surface area contributed by atoms with Crippen LogP contribution in [0.15, 0.2) is 46.8 Å². The monoisotopic (exact) mass is 482 g/mol. The van der Waals surface area contributed by atoms with Crippen LogP contribution in [-0.4, -0.2) is 63.8 Å². The van der Waals surface area contributed by atoms with E-state index in [2.05, 4.69) is 10.3 Å². The van der Waals surface area contributed by atoms with Crippen molar-refractivity contribution in [3.05, 3.63) is 53.6 Å². The lowest BCUT2D eigenvalue weighted by Gasteiger charge is -2.17. The molecule has 2 heterocycles. The van der Waals surface area contributed by atoms with E-state index in [4.69, 9.17) is 0 Å². The molecule has 3 aromatic rings. The first kappa shape index (κ1) is 22.9. The lowest BCUT2D eigenvalue weighted by Crippen LogP contribution is -2.37. The van der Waals surface area contributed by atoms with E-state index in [-0.39, 0.29) is 12.5 Å². The molecule has 170 valence electrons. The summed E-state index contributed by atoms with van der Waals surface area (Å²) in [6, 6.07) is 11.8. The molecule has 0 radical (unpaired) electrons. The van der Waals surface area contributed by atoms with Gasteiger partial charge in [-0.05, 0) is 44.2 Å². The van der Waals surface area contributed by atoms with Gasteiger partial charge >= 0.3 is 0 Å². The third-order valence-electron chi connectivity index (χ3n) is 5.27. The minimum absolute atomic E-state index is 0.0744. The van der Waals surface area contributed by atoms with E-state index in [9.17, 15) is 19.2 Å². The summed E-state index contributed by atoms with van der Waals surface area (Å²) in [6.07, 6.45) is 0. The summed E-state index contributed by atoms with van der Waals surface area (Å²) in [5, 5.41) is 2.74. The summed E-state index contributed by atoms with van der Waals surface area (Å²) in [7, 11) is 0. The average Bonchev–Trinajstić information content (AvgIpc) is 3.32. The number of imide groups is 1. The summed E-state index contributed by atoms with van der Waals surface area (Å²) < 4.78 is 1.64. The Bertz CT molecular complexity index is 1220. The molecular weight excluding hydrogens is 460 g/mol. The summed E-state index contributed by atoms with van der Waals surface area (Å²) >= 11 is 2.84.